The first-order chi connectivity index (χ1) is 22.3. The lowest BCUT2D eigenvalue weighted by Crippen LogP contribution is -2.31. The fourth-order valence-electron chi connectivity index (χ4n) is 8.99. The molecule has 1 aliphatic rings. The summed E-state index contributed by atoms with van der Waals surface area (Å²) in [6.07, 6.45) is 5.67. The van der Waals surface area contributed by atoms with E-state index in [4.69, 9.17) is 0 Å². The molecule has 0 aliphatic heterocycles. The summed E-state index contributed by atoms with van der Waals surface area (Å²) in [6.45, 7) is 33.2. The van der Waals surface area contributed by atoms with Crippen molar-refractivity contribution in [3.63, 3.8) is 0 Å². The summed E-state index contributed by atoms with van der Waals surface area (Å²) in [7, 11) is 0. The Morgan fingerprint density at radius 2 is 1.02 bits per heavy atom. The normalized spacial score (nSPS) is 18.6. The van der Waals surface area contributed by atoms with Crippen LogP contribution in [0.1, 0.15) is 184 Å². The van der Waals surface area contributed by atoms with Gasteiger partial charge in [-0.05, 0) is 129 Å². The maximum Gasteiger partial charge on any atom is 0.123 e. The first-order valence-corrected chi connectivity index (χ1v) is 18.9. The third-order valence-corrected chi connectivity index (χ3v) is 11.7. The Morgan fingerprint density at radius 1 is 0.592 bits per heavy atom. The van der Waals surface area contributed by atoms with Crippen LogP contribution in [0, 0.1) is 25.7 Å². The fourth-order valence-corrected chi connectivity index (χ4v) is 8.99. The number of hydrogen-bond acceptors (Lipinski definition) is 3. The molecule has 4 rings (SSSR count). The minimum atomic E-state index is -0.400. The van der Waals surface area contributed by atoms with Gasteiger partial charge < -0.3 is 15.3 Å². The van der Waals surface area contributed by atoms with Gasteiger partial charge in [0.05, 0.1) is 0 Å². The van der Waals surface area contributed by atoms with Gasteiger partial charge in [-0.1, -0.05) is 127 Å². The van der Waals surface area contributed by atoms with E-state index in [1.165, 1.54) is 42.4 Å². The summed E-state index contributed by atoms with van der Waals surface area (Å²) in [5.74, 6) is 2.80. The van der Waals surface area contributed by atoms with Gasteiger partial charge >= 0.3 is 0 Å². The quantitative estimate of drug-likeness (QED) is 0.224. The first kappa shape index (κ1) is 38.9. The molecule has 3 aromatic rings. The minimum absolute atomic E-state index is 0.0955. The zero-order valence-corrected chi connectivity index (χ0v) is 33.7. The lowest BCUT2D eigenvalue weighted by Gasteiger charge is -2.39. The van der Waals surface area contributed by atoms with Gasteiger partial charge in [-0.15, -0.1) is 0 Å². The number of hydrogen-bond donors (Lipinski definition) is 3. The number of aromatic hydroxyl groups is 3. The number of aryl methyl sites for hydroxylation is 2. The van der Waals surface area contributed by atoms with E-state index in [0.29, 0.717) is 29.1 Å². The van der Waals surface area contributed by atoms with Crippen LogP contribution in [0.15, 0.2) is 36.4 Å². The Hall–Kier alpha value is -2.94. The molecule has 270 valence electrons. The molecule has 3 aromatic carbocycles. The zero-order valence-electron chi connectivity index (χ0n) is 33.7. The van der Waals surface area contributed by atoms with Crippen LogP contribution in [0.25, 0.3) is 0 Å². The van der Waals surface area contributed by atoms with Crippen molar-refractivity contribution in [3.05, 3.63) is 86.5 Å². The molecule has 1 aliphatic carbocycles. The predicted octanol–water partition coefficient (Wildman–Crippen LogP) is 12.7. The smallest absolute Gasteiger partial charge is 0.123 e. The van der Waals surface area contributed by atoms with Crippen LogP contribution in [0.3, 0.4) is 0 Å². The number of benzene rings is 3. The maximum atomic E-state index is 11.9. The van der Waals surface area contributed by atoms with E-state index in [2.05, 4.69) is 128 Å². The van der Waals surface area contributed by atoms with Crippen molar-refractivity contribution in [2.24, 2.45) is 11.8 Å². The summed E-state index contributed by atoms with van der Waals surface area (Å²) in [4.78, 5) is 0. The molecule has 49 heavy (non-hydrogen) atoms. The molecule has 0 amide bonds. The van der Waals surface area contributed by atoms with Crippen LogP contribution >= 0.6 is 0 Å². The summed E-state index contributed by atoms with van der Waals surface area (Å²) in [5, 5.41) is 34.5. The average molecular weight is 669 g/mol. The van der Waals surface area contributed by atoms with Crippen LogP contribution in [-0.2, 0) is 21.7 Å². The minimum Gasteiger partial charge on any atom is -0.508 e. The molecule has 1 saturated carbocycles. The molecule has 3 heteroatoms. The van der Waals surface area contributed by atoms with E-state index in [9.17, 15) is 15.3 Å². The molecule has 0 spiro atoms. The van der Waals surface area contributed by atoms with Crippen LogP contribution < -0.4 is 0 Å². The van der Waals surface area contributed by atoms with E-state index >= 15 is 0 Å². The molecule has 1 atom stereocenters. The van der Waals surface area contributed by atoms with Crippen molar-refractivity contribution in [2.45, 2.75) is 169 Å². The average Bonchev–Trinajstić information content (AvgIpc) is 2.93. The fraction of sp³-hybridized carbons (Fsp3) is 0.609. The number of phenols is 3. The summed E-state index contributed by atoms with van der Waals surface area (Å²) in [6, 6.07) is 13.0. The monoisotopic (exact) mass is 669 g/mol. The maximum absolute atomic E-state index is 11.9. The summed E-state index contributed by atoms with van der Waals surface area (Å²) in [5.41, 5.74) is 8.76. The molecule has 0 heterocycles. The summed E-state index contributed by atoms with van der Waals surface area (Å²) < 4.78 is 0. The van der Waals surface area contributed by atoms with Gasteiger partial charge in [0.1, 0.15) is 17.2 Å². The Kier molecular flexibility index (Phi) is 10.8. The third kappa shape index (κ3) is 8.18. The molecule has 0 saturated heterocycles. The Morgan fingerprint density at radius 3 is 1.49 bits per heavy atom. The van der Waals surface area contributed by atoms with Crippen molar-refractivity contribution in [2.75, 3.05) is 0 Å². The molecule has 1 fully saturated rings. The Bertz CT molecular complexity index is 1650. The lowest BCUT2D eigenvalue weighted by atomic mass is 9.65. The van der Waals surface area contributed by atoms with Crippen molar-refractivity contribution in [1.29, 1.82) is 0 Å². The van der Waals surface area contributed by atoms with Crippen molar-refractivity contribution < 1.29 is 15.3 Å². The van der Waals surface area contributed by atoms with E-state index in [1.807, 2.05) is 12.1 Å². The molecule has 0 radical (unpaired) electrons. The molecule has 1 unspecified atom stereocenters. The van der Waals surface area contributed by atoms with Crippen molar-refractivity contribution >= 4 is 0 Å². The molecule has 0 aromatic heterocycles. The summed E-state index contributed by atoms with van der Waals surface area (Å²) >= 11 is 0. The van der Waals surface area contributed by atoms with E-state index < -0.39 is 5.41 Å². The number of phenolic OH excluding ortho intramolecular Hbond substituents is 3. The van der Waals surface area contributed by atoms with Crippen LogP contribution in [-0.4, -0.2) is 15.3 Å². The number of rotatable bonds is 8. The molecule has 3 nitrogen and oxygen atoms in total. The topological polar surface area (TPSA) is 60.7 Å². The van der Waals surface area contributed by atoms with Crippen molar-refractivity contribution in [1.82, 2.24) is 0 Å². The highest BCUT2D eigenvalue weighted by molar-refractivity contribution is 5.55. The molecule has 3 N–H and O–H groups in total. The second kappa shape index (κ2) is 13.6. The van der Waals surface area contributed by atoms with Gasteiger partial charge in [-0.2, -0.15) is 0 Å². The Labute approximate surface area is 299 Å². The first-order valence-electron chi connectivity index (χ1n) is 18.9. The van der Waals surface area contributed by atoms with Crippen LogP contribution in [0.2, 0.25) is 0 Å². The van der Waals surface area contributed by atoms with E-state index in [1.54, 1.807) is 0 Å². The Balaban J connectivity index is 1.82. The van der Waals surface area contributed by atoms with Crippen LogP contribution in [0.5, 0.6) is 17.2 Å². The third-order valence-electron chi connectivity index (χ3n) is 11.7. The second-order valence-corrected chi connectivity index (χ2v) is 19.5. The molecular formula is C46H68O3. The molecule has 0 bridgehead atoms. The van der Waals surface area contributed by atoms with Gasteiger partial charge in [-0.3, -0.25) is 0 Å². The van der Waals surface area contributed by atoms with Gasteiger partial charge in [0.15, 0.2) is 0 Å². The highest BCUT2D eigenvalue weighted by Crippen LogP contribution is 2.50. The van der Waals surface area contributed by atoms with E-state index in [0.717, 1.165) is 45.7 Å². The zero-order chi connectivity index (χ0) is 37.0. The SMILES string of the molecule is Cc1cc(O)c(C(C)(C)C)cc1C(c1cc(C(C)(C)CC(C)(C)c2cc(C3CCC(C)CC3)cc(C(C)(C)C)c2O)c(O)cc1C)C(C)C. The largest absolute Gasteiger partial charge is 0.508 e. The standard InChI is InChI=1S/C46H68O3/c1-27(2)41(33-24-35(43(6,7)8)39(47)20-29(33)4)34-25-36(40(48)21-30(34)5)45(12,13)26-46(14,15)38-23-32(31-18-16-28(3)17-19-31)22-37(42(38)49)44(9,10)11/h20-25,27-28,31,41,47-49H,16-19,26H2,1-15H3. The predicted molar refractivity (Wildman–Crippen MR) is 209 cm³/mol. The highest BCUT2D eigenvalue weighted by atomic mass is 16.3. The van der Waals surface area contributed by atoms with Crippen LogP contribution in [0.4, 0.5) is 0 Å². The van der Waals surface area contributed by atoms with Gasteiger partial charge in [0.25, 0.3) is 0 Å². The lowest BCUT2D eigenvalue weighted by molar-refractivity contribution is 0.322. The molecular weight excluding hydrogens is 601 g/mol. The van der Waals surface area contributed by atoms with Gasteiger partial charge in [0.2, 0.25) is 0 Å². The van der Waals surface area contributed by atoms with Crippen molar-refractivity contribution in [3.8, 4) is 17.2 Å². The van der Waals surface area contributed by atoms with E-state index in [-0.39, 0.29) is 22.2 Å². The highest BCUT2D eigenvalue weighted by Gasteiger charge is 2.38. The van der Waals surface area contributed by atoms with Gasteiger partial charge in [-0.25, -0.2) is 0 Å². The van der Waals surface area contributed by atoms with Gasteiger partial charge in [0, 0.05) is 11.5 Å². The second-order valence-electron chi connectivity index (χ2n) is 19.5.